The van der Waals surface area contributed by atoms with Gasteiger partial charge in [-0.1, -0.05) is 19.1 Å². The van der Waals surface area contributed by atoms with E-state index < -0.39 is 17.8 Å². The predicted octanol–water partition coefficient (Wildman–Crippen LogP) is 4.33. The van der Waals surface area contributed by atoms with Crippen LogP contribution < -0.4 is 5.32 Å². The highest BCUT2D eigenvalue weighted by Crippen LogP contribution is 2.35. The molecule has 0 radical (unpaired) electrons. The van der Waals surface area contributed by atoms with Gasteiger partial charge in [0.1, 0.15) is 17.8 Å². The van der Waals surface area contributed by atoms with Crippen LogP contribution in [0.4, 0.5) is 14.5 Å². The molecule has 0 fully saturated rings. The fourth-order valence-corrected chi connectivity index (χ4v) is 2.87. The Morgan fingerprint density at radius 2 is 1.96 bits per heavy atom. The average Bonchev–Trinajstić information content (AvgIpc) is 2.54. The number of halogens is 2. The number of para-hydroxylation sites is 1. The van der Waals surface area contributed by atoms with Crippen molar-refractivity contribution in [3.8, 4) is 0 Å². The van der Waals surface area contributed by atoms with Gasteiger partial charge in [-0.2, -0.15) is 0 Å². The van der Waals surface area contributed by atoms with E-state index >= 15 is 0 Å². The number of nitrogens with one attached hydrogen (secondary N) is 1. The lowest BCUT2D eigenvalue weighted by Gasteiger charge is -2.41. The molecule has 120 valence electrons. The summed E-state index contributed by atoms with van der Waals surface area (Å²) in [6.45, 7) is 3.89. The van der Waals surface area contributed by atoms with Crippen molar-refractivity contribution >= 4 is 11.6 Å². The van der Waals surface area contributed by atoms with Gasteiger partial charge in [-0.3, -0.25) is 4.79 Å². The van der Waals surface area contributed by atoms with Gasteiger partial charge in [0.2, 0.25) is 0 Å². The van der Waals surface area contributed by atoms with E-state index in [1.807, 2.05) is 19.9 Å². The van der Waals surface area contributed by atoms with Gasteiger partial charge in [-0.05, 0) is 37.6 Å². The number of benzene rings is 2. The summed E-state index contributed by atoms with van der Waals surface area (Å²) in [4.78, 5) is 14.5. The van der Waals surface area contributed by atoms with Crippen molar-refractivity contribution in [3.05, 3.63) is 65.2 Å². The van der Waals surface area contributed by atoms with E-state index in [1.165, 1.54) is 12.1 Å². The third-order valence-corrected chi connectivity index (χ3v) is 4.29. The lowest BCUT2D eigenvalue weighted by atomic mass is 10.0. The van der Waals surface area contributed by atoms with E-state index in [0.29, 0.717) is 11.3 Å². The van der Waals surface area contributed by atoms with Gasteiger partial charge in [0, 0.05) is 23.4 Å². The molecule has 3 rings (SSSR count). The SMILES string of the molecule is CC[C@H](C)N1C(=O)c2ccccc2N[C@@H]1c1ccc(F)cc1F. The number of carbonyl (C=O) groups excluding carboxylic acids is 1. The zero-order chi connectivity index (χ0) is 16.6. The maximum atomic E-state index is 14.3. The van der Waals surface area contributed by atoms with E-state index in [9.17, 15) is 13.6 Å². The van der Waals surface area contributed by atoms with Crippen molar-refractivity contribution in [1.82, 2.24) is 4.90 Å². The van der Waals surface area contributed by atoms with Crippen LogP contribution in [0.3, 0.4) is 0 Å². The molecule has 0 unspecified atom stereocenters. The number of anilines is 1. The molecule has 0 bridgehead atoms. The lowest BCUT2D eigenvalue weighted by molar-refractivity contribution is 0.0590. The molecule has 0 aliphatic carbocycles. The van der Waals surface area contributed by atoms with Gasteiger partial charge in [0.25, 0.3) is 5.91 Å². The third kappa shape index (κ3) is 2.67. The van der Waals surface area contributed by atoms with Gasteiger partial charge in [-0.15, -0.1) is 0 Å². The van der Waals surface area contributed by atoms with Crippen LogP contribution in [0.25, 0.3) is 0 Å². The van der Waals surface area contributed by atoms with Crippen LogP contribution in [-0.2, 0) is 0 Å². The van der Waals surface area contributed by atoms with E-state index in [0.717, 1.165) is 12.5 Å². The Morgan fingerprint density at radius 1 is 1.22 bits per heavy atom. The Balaban J connectivity index is 2.11. The molecule has 1 N–H and O–H groups in total. The Bertz CT molecular complexity index is 748. The Morgan fingerprint density at radius 3 is 2.65 bits per heavy atom. The molecule has 23 heavy (non-hydrogen) atoms. The zero-order valence-electron chi connectivity index (χ0n) is 13.0. The van der Waals surface area contributed by atoms with Crippen molar-refractivity contribution < 1.29 is 13.6 Å². The van der Waals surface area contributed by atoms with Crippen molar-refractivity contribution in [2.45, 2.75) is 32.5 Å². The summed E-state index contributed by atoms with van der Waals surface area (Å²) < 4.78 is 27.5. The molecule has 0 aromatic heterocycles. The zero-order valence-corrected chi connectivity index (χ0v) is 13.0. The second kappa shape index (κ2) is 5.99. The summed E-state index contributed by atoms with van der Waals surface area (Å²) in [5.74, 6) is -1.45. The second-order valence-corrected chi connectivity index (χ2v) is 5.73. The lowest BCUT2D eigenvalue weighted by Crippen LogP contribution is -2.47. The van der Waals surface area contributed by atoms with Crippen molar-refractivity contribution in [1.29, 1.82) is 0 Å². The summed E-state index contributed by atoms with van der Waals surface area (Å²) in [5.41, 5.74) is 1.48. The first-order valence-corrected chi connectivity index (χ1v) is 7.66. The Kier molecular flexibility index (Phi) is 4.03. The standard InChI is InChI=1S/C18H18F2N2O/c1-3-11(2)22-17(13-9-8-12(19)10-15(13)20)21-16-7-5-4-6-14(16)18(22)23/h4-11,17,21H,3H2,1-2H3/t11-,17-/m0/s1. The minimum absolute atomic E-state index is 0.0854. The highest BCUT2D eigenvalue weighted by Gasteiger charge is 2.36. The predicted molar refractivity (Wildman–Crippen MR) is 85.1 cm³/mol. The van der Waals surface area contributed by atoms with Gasteiger partial charge < -0.3 is 10.2 Å². The highest BCUT2D eigenvalue weighted by atomic mass is 19.1. The third-order valence-electron chi connectivity index (χ3n) is 4.29. The maximum Gasteiger partial charge on any atom is 0.258 e. The van der Waals surface area contributed by atoms with Crippen molar-refractivity contribution in [2.24, 2.45) is 0 Å². The summed E-state index contributed by atoms with van der Waals surface area (Å²) in [5, 5.41) is 3.21. The van der Waals surface area contributed by atoms with Gasteiger partial charge >= 0.3 is 0 Å². The first-order valence-electron chi connectivity index (χ1n) is 7.66. The van der Waals surface area contributed by atoms with Crippen LogP contribution >= 0.6 is 0 Å². The molecule has 2 aromatic rings. The molecule has 5 heteroatoms. The fraction of sp³-hybridized carbons (Fsp3) is 0.278. The Hall–Kier alpha value is -2.43. The molecule has 2 aromatic carbocycles. The summed E-state index contributed by atoms with van der Waals surface area (Å²) in [6.07, 6.45) is 0.0717. The number of rotatable bonds is 3. The normalized spacial score (nSPS) is 18.3. The molecule has 2 atom stereocenters. The van der Waals surface area contributed by atoms with Crippen LogP contribution in [0, 0.1) is 11.6 Å². The Labute approximate surface area is 133 Å². The summed E-state index contributed by atoms with van der Waals surface area (Å²) >= 11 is 0. The van der Waals surface area contributed by atoms with Crippen molar-refractivity contribution in [3.63, 3.8) is 0 Å². The van der Waals surface area contributed by atoms with Crippen LogP contribution in [0.5, 0.6) is 0 Å². The summed E-state index contributed by atoms with van der Waals surface area (Å²) in [7, 11) is 0. The fourth-order valence-electron chi connectivity index (χ4n) is 2.87. The van der Waals surface area contributed by atoms with Crippen LogP contribution in [0.1, 0.15) is 42.4 Å². The van der Waals surface area contributed by atoms with Crippen LogP contribution in [0.15, 0.2) is 42.5 Å². The second-order valence-electron chi connectivity index (χ2n) is 5.73. The number of hydrogen-bond donors (Lipinski definition) is 1. The average molecular weight is 316 g/mol. The molecule has 3 nitrogen and oxygen atoms in total. The molecular weight excluding hydrogens is 298 g/mol. The van der Waals surface area contributed by atoms with E-state index in [-0.39, 0.29) is 17.5 Å². The van der Waals surface area contributed by atoms with E-state index in [2.05, 4.69) is 5.32 Å². The molecule has 1 amide bonds. The quantitative estimate of drug-likeness (QED) is 0.914. The largest absolute Gasteiger partial charge is 0.361 e. The monoisotopic (exact) mass is 316 g/mol. The molecule has 1 aliphatic rings. The molecule has 0 saturated carbocycles. The number of amides is 1. The van der Waals surface area contributed by atoms with Crippen LogP contribution in [0.2, 0.25) is 0 Å². The summed E-state index contributed by atoms with van der Waals surface area (Å²) in [6, 6.07) is 10.5. The molecule has 0 saturated heterocycles. The first kappa shape index (κ1) is 15.5. The minimum Gasteiger partial charge on any atom is -0.361 e. The van der Waals surface area contributed by atoms with Crippen molar-refractivity contribution in [2.75, 3.05) is 5.32 Å². The molecule has 1 aliphatic heterocycles. The minimum atomic E-state index is -0.664. The molecule has 1 heterocycles. The highest BCUT2D eigenvalue weighted by molar-refractivity contribution is 6.01. The van der Waals surface area contributed by atoms with Gasteiger partial charge in [0.15, 0.2) is 0 Å². The number of nitrogens with zero attached hydrogens (tertiary/aromatic N) is 1. The number of carbonyl (C=O) groups is 1. The smallest absolute Gasteiger partial charge is 0.258 e. The van der Waals surface area contributed by atoms with E-state index in [4.69, 9.17) is 0 Å². The van der Waals surface area contributed by atoms with E-state index in [1.54, 1.807) is 23.1 Å². The van der Waals surface area contributed by atoms with Gasteiger partial charge in [-0.25, -0.2) is 8.78 Å². The van der Waals surface area contributed by atoms with Gasteiger partial charge in [0.05, 0.1) is 5.56 Å². The topological polar surface area (TPSA) is 32.3 Å². The first-order chi connectivity index (χ1) is 11.0. The number of hydrogen-bond acceptors (Lipinski definition) is 2. The molecule has 0 spiro atoms. The van der Waals surface area contributed by atoms with Crippen LogP contribution in [-0.4, -0.2) is 16.8 Å². The number of fused-ring (bicyclic) bond motifs is 1. The molecular formula is C18H18F2N2O. The maximum absolute atomic E-state index is 14.3.